The second kappa shape index (κ2) is 12.0. The summed E-state index contributed by atoms with van der Waals surface area (Å²) in [5.74, 6) is -0.0577. The quantitative estimate of drug-likeness (QED) is 0.154. The van der Waals surface area contributed by atoms with Gasteiger partial charge in [0.05, 0.1) is 0 Å². The highest BCUT2D eigenvalue weighted by molar-refractivity contribution is 6.05. The fourth-order valence-electron chi connectivity index (χ4n) is 4.20. The Morgan fingerprint density at radius 2 is 1.67 bits per heavy atom. The van der Waals surface area contributed by atoms with Gasteiger partial charge in [-0.2, -0.15) is 5.10 Å². The number of anilines is 4. The average molecular weight is 527 g/mol. The molecular formula is C29H30N6O4. The summed E-state index contributed by atoms with van der Waals surface area (Å²) in [7, 11) is 0. The molecule has 10 nitrogen and oxygen atoms in total. The molecule has 4 rings (SSSR count). The maximum atomic E-state index is 12.5. The lowest BCUT2D eigenvalue weighted by atomic mass is 10.0. The summed E-state index contributed by atoms with van der Waals surface area (Å²) in [5, 5.41) is 26.4. The molecule has 1 aromatic heterocycles. The lowest BCUT2D eigenvalue weighted by Gasteiger charge is -2.12. The van der Waals surface area contributed by atoms with E-state index in [1.54, 1.807) is 42.5 Å². The van der Waals surface area contributed by atoms with Crippen LogP contribution in [-0.4, -0.2) is 33.4 Å². The Hall–Kier alpha value is -5.12. The standard InChI is InChI=1S/C29H30N6O4/c1-3-19-13-18(14-20(4-2)25(19)37)15-31-27-24(26(30)38)28(35-34-27)32-22-8-10-23(11-9-22)33-29(39)21-7-5-6-17(12-21)16-36/h5-14,16,37H,3-4,15H2,1-2H3,(H2,30,38)(H,33,39)(H3,31,32,34,35). The number of rotatable bonds is 11. The number of phenols is 1. The number of hydrogen-bond acceptors (Lipinski definition) is 7. The second-order valence-corrected chi connectivity index (χ2v) is 8.91. The number of nitrogens with zero attached hydrogens (tertiary/aromatic N) is 1. The van der Waals surface area contributed by atoms with Crippen molar-refractivity contribution >= 4 is 41.1 Å². The van der Waals surface area contributed by atoms with E-state index in [1.807, 2.05) is 26.0 Å². The summed E-state index contributed by atoms with van der Waals surface area (Å²) < 4.78 is 0. The fourth-order valence-corrected chi connectivity index (χ4v) is 4.20. The first-order chi connectivity index (χ1) is 18.8. The number of aryl methyl sites for hydroxylation is 2. The molecule has 0 spiro atoms. The number of aldehydes is 1. The van der Waals surface area contributed by atoms with E-state index in [4.69, 9.17) is 5.73 Å². The molecule has 10 heteroatoms. The van der Waals surface area contributed by atoms with Gasteiger partial charge >= 0.3 is 0 Å². The number of hydrogen-bond donors (Lipinski definition) is 6. The molecule has 0 saturated carbocycles. The van der Waals surface area contributed by atoms with E-state index in [9.17, 15) is 19.5 Å². The van der Waals surface area contributed by atoms with Crippen LogP contribution in [-0.2, 0) is 19.4 Å². The predicted octanol–water partition coefficient (Wildman–Crippen LogP) is 4.76. The lowest BCUT2D eigenvalue weighted by molar-refractivity contribution is 0.0998. The number of phenolic OH excluding ortho intramolecular Hbond substituents is 1. The molecule has 0 saturated heterocycles. The van der Waals surface area contributed by atoms with Gasteiger partial charge in [-0.05, 0) is 65.9 Å². The van der Waals surface area contributed by atoms with Gasteiger partial charge in [-0.3, -0.25) is 19.5 Å². The van der Waals surface area contributed by atoms with Crippen molar-refractivity contribution in [3.63, 3.8) is 0 Å². The largest absolute Gasteiger partial charge is 0.507 e. The third-order valence-corrected chi connectivity index (χ3v) is 6.26. The molecular weight excluding hydrogens is 496 g/mol. The van der Waals surface area contributed by atoms with E-state index >= 15 is 0 Å². The molecule has 200 valence electrons. The molecule has 2 amide bonds. The topological polar surface area (TPSA) is 162 Å². The number of carbonyl (C=O) groups excluding carboxylic acids is 3. The van der Waals surface area contributed by atoms with E-state index < -0.39 is 5.91 Å². The predicted molar refractivity (Wildman–Crippen MR) is 151 cm³/mol. The Morgan fingerprint density at radius 1 is 1.00 bits per heavy atom. The highest BCUT2D eigenvalue weighted by Gasteiger charge is 2.19. The average Bonchev–Trinajstić information content (AvgIpc) is 3.36. The van der Waals surface area contributed by atoms with Crippen LogP contribution in [0.15, 0.2) is 60.7 Å². The molecule has 7 N–H and O–H groups in total. The van der Waals surface area contributed by atoms with Crippen LogP contribution in [0, 0.1) is 0 Å². The minimum absolute atomic E-state index is 0.174. The van der Waals surface area contributed by atoms with Crippen molar-refractivity contribution in [3.05, 3.63) is 94.0 Å². The third kappa shape index (κ3) is 6.24. The number of aromatic nitrogens is 2. The van der Waals surface area contributed by atoms with Crippen LogP contribution in [0.25, 0.3) is 0 Å². The molecule has 1 heterocycles. The van der Waals surface area contributed by atoms with Crippen LogP contribution in [0.1, 0.15) is 61.6 Å². The van der Waals surface area contributed by atoms with E-state index in [2.05, 4.69) is 26.1 Å². The zero-order chi connectivity index (χ0) is 27.9. The summed E-state index contributed by atoms with van der Waals surface area (Å²) in [6.07, 6.45) is 2.09. The number of primary amides is 1. The van der Waals surface area contributed by atoms with Crippen LogP contribution in [0.4, 0.5) is 23.0 Å². The Balaban J connectivity index is 1.45. The first-order valence-corrected chi connectivity index (χ1v) is 12.5. The molecule has 0 radical (unpaired) electrons. The lowest BCUT2D eigenvalue weighted by Crippen LogP contribution is -2.15. The number of benzene rings is 3. The van der Waals surface area contributed by atoms with Gasteiger partial charge < -0.3 is 26.8 Å². The van der Waals surface area contributed by atoms with Crippen LogP contribution < -0.4 is 21.7 Å². The van der Waals surface area contributed by atoms with E-state index in [0.717, 1.165) is 16.7 Å². The normalized spacial score (nSPS) is 10.6. The maximum Gasteiger partial charge on any atom is 0.256 e. The van der Waals surface area contributed by atoms with Gasteiger partial charge in [-0.1, -0.05) is 38.1 Å². The summed E-state index contributed by atoms with van der Waals surface area (Å²) >= 11 is 0. The third-order valence-electron chi connectivity index (χ3n) is 6.26. The van der Waals surface area contributed by atoms with Crippen molar-refractivity contribution in [2.75, 3.05) is 16.0 Å². The molecule has 0 aliphatic carbocycles. The number of nitrogens with two attached hydrogens (primary N) is 1. The molecule has 0 aliphatic rings. The van der Waals surface area contributed by atoms with Crippen molar-refractivity contribution < 1.29 is 19.5 Å². The van der Waals surface area contributed by atoms with Crippen LogP contribution in [0.2, 0.25) is 0 Å². The summed E-state index contributed by atoms with van der Waals surface area (Å²) in [4.78, 5) is 35.8. The highest BCUT2D eigenvalue weighted by atomic mass is 16.3. The number of aromatic hydroxyl groups is 1. The van der Waals surface area contributed by atoms with Gasteiger partial charge in [0.15, 0.2) is 5.82 Å². The van der Waals surface area contributed by atoms with E-state index in [1.165, 1.54) is 6.07 Å². The monoisotopic (exact) mass is 526 g/mol. The van der Waals surface area contributed by atoms with Gasteiger partial charge in [0.2, 0.25) is 0 Å². The van der Waals surface area contributed by atoms with Gasteiger partial charge in [0.25, 0.3) is 11.8 Å². The molecule has 0 unspecified atom stereocenters. The molecule has 0 aliphatic heterocycles. The van der Waals surface area contributed by atoms with Crippen LogP contribution >= 0.6 is 0 Å². The number of H-pyrrole nitrogens is 1. The van der Waals surface area contributed by atoms with Gasteiger partial charge in [-0.25, -0.2) is 0 Å². The van der Waals surface area contributed by atoms with Crippen molar-refractivity contribution in [1.82, 2.24) is 10.2 Å². The van der Waals surface area contributed by atoms with Crippen molar-refractivity contribution in [2.45, 2.75) is 33.2 Å². The minimum Gasteiger partial charge on any atom is -0.507 e. The summed E-state index contributed by atoms with van der Waals surface area (Å²) in [6, 6.07) is 17.1. The van der Waals surface area contributed by atoms with Crippen molar-refractivity contribution in [3.8, 4) is 5.75 Å². The first-order valence-electron chi connectivity index (χ1n) is 12.5. The molecule has 0 atom stereocenters. The number of aromatic amines is 1. The maximum absolute atomic E-state index is 12.5. The molecule has 4 aromatic rings. The van der Waals surface area contributed by atoms with Crippen molar-refractivity contribution in [1.29, 1.82) is 0 Å². The number of amides is 2. The molecule has 39 heavy (non-hydrogen) atoms. The Morgan fingerprint density at radius 3 is 2.28 bits per heavy atom. The molecule has 0 fully saturated rings. The van der Waals surface area contributed by atoms with Crippen molar-refractivity contribution in [2.24, 2.45) is 5.73 Å². The zero-order valence-electron chi connectivity index (χ0n) is 21.7. The second-order valence-electron chi connectivity index (χ2n) is 8.91. The number of nitrogens with one attached hydrogen (secondary N) is 4. The summed E-state index contributed by atoms with van der Waals surface area (Å²) in [5.41, 5.74) is 10.5. The Kier molecular flexibility index (Phi) is 8.25. The smallest absolute Gasteiger partial charge is 0.256 e. The Labute approximate surface area is 225 Å². The van der Waals surface area contributed by atoms with Crippen LogP contribution in [0.3, 0.4) is 0 Å². The SMILES string of the molecule is CCc1cc(CNc2n[nH]c(Nc3ccc(NC(=O)c4cccc(C=O)c4)cc3)c2C(N)=O)cc(CC)c1O. The van der Waals surface area contributed by atoms with E-state index in [0.29, 0.717) is 65.6 Å². The zero-order valence-corrected chi connectivity index (χ0v) is 21.7. The molecule has 0 bridgehead atoms. The van der Waals surface area contributed by atoms with Crippen LogP contribution in [0.5, 0.6) is 5.75 Å². The first kappa shape index (κ1) is 26.9. The fraction of sp³-hybridized carbons (Fsp3) is 0.172. The van der Waals surface area contributed by atoms with Gasteiger partial charge in [0.1, 0.15) is 23.4 Å². The Bertz CT molecular complexity index is 1490. The number of carbonyl (C=O) groups is 3. The van der Waals surface area contributed by atoms with Gasteiger partial charge in [-0.15, -0.1) is 0 Å². The van der Waals surface area contributed by atoms with E-state index in [-0.39, 0.29) is 11.5 Å². The molecule has 3 aromatic carbocycles. The van der Waals surface area contributed by atoms with Gasteiger partial charge in [0, 0.05) is 29.0 Å². The highest BCUT2D eigenvalue weighted by Crippen LogP contribution is 2.28. The minimum atomic E-state index is -0.663. The summed E-state index contributed by atoms with van der Waals surface area (Å²) in [6.45, 7) is 4.35.